The van der Waals surface area contributed by atoms with E-state index in [4.69, 9.17) is 0 Å². The summed E-state index contributed by atoms with van der Waals surface area (Å²) in [6.45, 7) is 16.7. The van der Waals surface area contributed by atoms with Crippen LogP contribution in [0.5, 0.6) is 0 Å². The zero-order chi connectivity index (χ0) is 39.0. The van der Waals surface area contributed by atoms with Gasteiger partial charge in [-0.15, -0.1) is 0 Å². The lowest BCUT2D eigenvalue weighted by Crippen LogP contribution is -2.08. The van der Waals surface area contributed by atoms with Crippen LogP contribution < -0.4 is 0 Å². The molecule has 0 aliphatic heterocycles. The largest absolute Gasteiger partial charge is 0.284 e. The van der Waals surface area contributed by atoms with Gasteiger partial charge in [0.1, 0.15) is 46.6 Å². The van der Waals surface area contributed by atoms with Crippen LogP contribution in [0, 0.1) is 27.7 Å². The Morgan fingerprint density at radius 1 is 0.389 bits per heavy atom. The van der Waals surface area contributed by atoms with Gasteiger partial charge in [-0.05, 0) is 53.4 Å². The highest BCUT2D eigenvalue weighted by Crippen LogP contribution is 2.10. The topological polar surface area (TPSA) is 204 Å². The molecule has 16 nitrogen and oxygen atoms in total. The molecule has 0 unspecified atom stereocenters. The highest BCUT2D eigenvalue weighted by atomic mass is 15.1. The number of hydrogen-bond donors (Lipinski definition) is 0. The first kappa shape index (κ1) is 43.1. The van der Waals surface area contributed by atoms with Gasteiger partial charge in [-0.1, -0.05) is 53.4 Å². The molecule has 4 heterocycles. The van der Waals surface area contributed by atoms with Gasteiger partial charge in [0.25, 0.3) is 11.9 Å². The summed E-state index contributed by atoms with van der Waals surface area (Å²) in [7, 11) is 0. The van der Waals surface area contributed by atoms with Gasteiger partial charge >= 0.3 is 0 Å². The van der Waals surface area contributed by atoms with E-state index < -0.39 is 0 Å². The minimum absolute atomic E-state index is 0.391. The average Bonchev–Trinajstić information content (AvgIpc) is 3.14. The minimum Gasteiger partial charge on any atom is -0.284 e. The fourth-order valence-electron chi connectivity index (χ4n) is 4.81. The molecule has 54 heavy (non-hydrogen) atoms. The number of nitrogens with zero attached hydrogens (tertiary/aromatic N) is 16. The first-order valence-electron chi connectivity index (χ1n) is 19.1. The number of aryl methyl sites for hydroxylation is 8. The van der Waals surface area contributed by atoms with Crippen molar-refractivity contribution in [3.05, 3.63) is 58.2 Å². The maximum absolute atomic E-state index is 4.62. The van der Waals surface area contributed by atoms with Gasteiger partial charge in [-0.2, -0.15) is 19.9 Å². The zero-order valence-corrected chi connectivity index (χ0v) is 33.4. The Bertz CT molecular complexity index is 1610. The molecule has 288 valence electrons. The molecular weight excluding hydrogens is 681 g/mol. The molecule has 0 spiro atoms. The fourth-order valence-corrected chi connectivity index (χ4v) is 4.81. The molecule has 0 saturated carbocycles. The molecule has 0 bridgehead atoms. The summed E-state index contributed by atoms with van der Waals surface area (Å²) in [4.78, 5) is 69.3. The van der Waals surface area contributed by atoms with Crippen molar-refractivity contribution in [3.8, 4) is 0 Å². The smallest absolute Gasteiger partial charge is 0.252 e. The van der Waals surface area contributed by atoms with Crippen molar-refractivity contribution in [2.45, 2.75) is 132 Å². The third-order valence-electron chi connectivity index (χ3n) is 7.40. The van der Waals surface area contributed by atoms with E-state index in [9.17, 15) is 0 Å². The van der Waals surface area contributed by atoms with Crippen LogP contribution in [0.15, 0.2) is 20.0 Å². The second-order valence-electron chi connectivity index (χ2n) is 12.5. The van der Waals surface area contributed by atoms with Crippen LogP contribution in [0.4, 0.5) is 11.9 Å². The van der Waals surface area contributed by atoms with Gasteiger partial charge in [-0.3, -0.25) is 9.98 Å². The minimum atomic E-state index is 0.391. The van der Waals surface area contributed by atoms with Crippen molar-refractivity contribution < 1.29 is 0 Å². The monoisotopic (exact) mass is 736 g/mol. The van der Waals surface area contributed by atoms with E-state index in [0.29, 0.717) is 59.9 Å². The normalized spacial score (nSPS) is 11.7. The van der Waals surface area contributed by atoms with E-state index >= 15 is 0 Å². The number of unbranched alkanes of at least 4 members (excludes halogenated alkanes) is 4. The lowest BCUT2D eigenvalue weighted by molar-refractivity contribution is 0.697. The van der Waals surface area contributed by atoms with Crippen molar-refractivity contribution in [2.75, 3.05) is 13.1 Å². The molecule has 0 aromatic carbocycles. The molecule has 0 N–H and O–H groups in total. The molecule has 0 atom stereocenters. The quantitative estimate of drug-likeness (QED) is 0.0909. The van der Waals surface area contributed by atoms with Crippen LogP contribution in [0.3, 0.4) is 0 Å². The van der Waals surface area contributed by atoms with Gasteiger partial charge in [-0.25, -0.2) is 49.9 Å². The first-order chi connectivity index (χ1) is 26.2. The predicted molar refractivity (Wildman–Crippen MR) is 214 cm³/mol. The van der Waals surface area contributed by atoms with Crippen LogP contribution in [0.25, 0.3) is 0 Å². The van der Waals surface area contributed by atoms with Gasteiger partial charge < -0.3 is 0 Å². The van der Waals surface area contributed by atoms with Crippen LogP contribution >= 0.6 is 0 Å². The standard InChI is InChI=1S/C25H40N8.C13H16N8/c1-5-9-13-20-28-21(14-10-6-2)31-24(30-20)19-26-17-18-27-25-32-22(15-11-7-3)29-23(33-25)16-12-8-4;1-8-16-9(2)19-12(18-8)7-14-5-6-15-13-20-10(3)17-11(4)21-13/h18-19H,5-17H2,1-4H3;6-7H,5H2,1-4H3. The number of aliphatic imine (C=N–C) groups is 4. The SMILES string of the molecule is CCCCc1nc(C=NCC=Nc2nc(CCCC)nc(CCCC)n2)nc(CCCC)n1.Cc1nc(C)nc(C=NCC=Nc2nc(C)nc(C)n2)n1. The van der Waals surface area contributed by atoms with Crippen molar-refractivity contribution in [3.63, 3.8) is 0 Å². The first-order valence-corrected chi connectivity index (χ1v) is 19.1. The molecule has 4 aromatic heterocycles. The molecule has 4 aromatic rings. The summed E-state index contributed by atoms with van der Waals surface area (Å²) in [6.07, 6.45) is 18.9. The molecule has 0 saturated heterocycles. The predicted octanol–water partition coefficient (Wildman–Crippen LogP) is 6.36. The van der Waals surface area contributed by atoms with Gasteiger partial charge in [0.05, 0.1) is 25.5 Å². The summed E-state index contributed by atoms with van der Waals surface area (Å²) in [5, 5.41) is 0. The van der Waals surface area contributed by atoms with Crippen LogP contribution in [0.1, 0.15) is 137 Å². The lowest BCUT2D eigenvalue weighted by atomic mass is 10.2. The van der Waals surface area contributed by atoms with Crippen LogP contribution in [-0.2, 0) is 25.7 Å². The maximum Gasteiger partial charge on any atom is 0.252 e. The number of hydrogen-bond acceptors (Lipinski definition) is 16. The van der Waals surface area contributed by atoms with Crippen LogP contribution in [0.2, 0.25) is 0 Å². The van der Waals surface area contributed by atoms with Crippen molar-refractivity contribution >= 4 is 36.8 Å². The highest BCUT2D eigenvalue weighted by Gasteiger charge is 2.07. The van der Waals surface area contributed by atoms with E-state index in [1.807, 2.05) is 13.8 Å². The number of rotatable bonds is 20. The Balaban J connectivity index is 0.000000320. The Hall–Kier alpha value is -5.28. The van der Waals surface area contributed by atoms with E-state index in [-0.39, 0.29) is 0 Å². The molecule has 0 radical (unpaired) electrons. The Morgan fingerprint density at radius 2 is 0.722 bits per heavy atom. The van der Waals surface area contributed by atoms with Crippen molar-refractivity contribution in [2.24, 2.45) is 20.0 Å². The second kappa shape index (κ2) is 24.9. The summed E-state index contributed by atoms with van der Waals surface area (Å²) in [5.41, 5.74) is 0. The van der Waals surface area contributed by atoms with E-state index in [0.717, 1.165) is 100 Å². The molecule has 0 aliphatic carbocycles. The third-order valence-corrected chi connectivity index (χ3v) is 7.40. The third kappa shape index (κ3) is 17.5. The van der Waals surface area contributed by atoms with Gasteiger partial charge in [0.2, 0.25) is 0 Å². The molecule has 0 amide bonds. The summed E-state index contributed by atoms with van der Waals surface area (Å²) >= 11 is 0. The molecule has 0 aliphatic rings. The molecule has 16 heteroatoms. The summed E-state index contributed by atoms with van der Waals surface area (Å²) in [5.74, 6) is 8.06. The Morgan fingerprint density at radius 3 is 1.11 bits per heavy atom. The molecule has 0 fully saturated rings. The fraction of sp³-hybridized carbons (Fsp3) is 0.579. The second-order valence-corrected chi connectivity index (χ2v) is 12.5. The Labute approximate surface area is 319 Å². The number of aromatic nitrogens is 12. The van der Waals surface area contributed by atoms with Crippen LogP contribution in [-0.4, -0.2) is 97.8 Å². The van der Waals surface area contributed by atoms with Crippen molar-refractivity contribution in [1.82, 2.24) is 59.8 Å². The van der Waals surface area contributed by atoms with E-state index in [2.05, 4.69) is 107 Å². The molecule has 4 rings (SSSR count). The Kier molecular flexibility index (Phi) is 19.9. The highest BCUT2D eigenvalue weighted by molar-refractivity contribution is 5.77. The average molecular weight is 737 g/mol. The maximum atomic E-state index is 4.62. The zero-order valence-electron chi connectivity index (χ0n) is 33.4. The molecular formula is C38H56N16. The summed E-state index contributed by atoms with van der Waals surface area (Å²) < 4.78 is 0. The summed E-state index contributed by atoms with van der Waals surface area (Å²) in [6, 6.07) is 0. The lowest BCUT2D eigenvalue weighted by Gasteiger charge is -2.04. The van der Waals surface area contributed by atoms with E-state index in [1.165, 1.54) is 0 Å². The van der Waals surface area contributed by atoms with E-state index in [1.54, 1.807) is 38.7 Å². The van der Waals surface area contributed by atoms with Gasteiger partial charge in [0, 0.05) is 38.1 Å². The van der Waals surface area contributed by atoms with Crippen molar-refractivity contribution in [1.29, 1.82) is 0 Å². The van der Waals surface area contributed by atoms with Gasteiger partial charge in [0.15, 0.2) is 11.6 Å².